The van der Waals surface area contributed by atoms with Crippen molar-refractivity contribution in [1.82, 2.24) is 15.5 Å². The van der Waals surface area contributed by atoms with Crippen LogP contribution < -0.4 is 5.32 Å². The third kappa shape index (κ3) is 2.42. The third-order valence-corrected chi connectivity index (χ3v) is 4.79. The van der Waals surface area contributed by atoms with Gasteiger partial charge in [0, 0.05) is 6.42 Å². The Kier molecular flexibility index (Phi) is 3.15. The average Bonchev–Trinajstić information content (AvgIpc) is 3.17. The van der Waals surface area contributed by atoms with E-state index in [1.807, 2.05) is 12.1 Å². The van der Waals surface area contributed by atoms with E-state index in [-0.39, 0.29) is 11.8 Å². The molecule has 110 valence electrons. The van der Waals surface area contributed by atoms with Crippen molar-refractivity contribution in [3.8, 4) is 5.75 Å². The van der Waals surface area contributed by atoms with Crippen molar-refractivity contribution in [3.05, 3.63) is 41.5 Å². The fourth-order valence-electron chi connectivity index (χ4n) is 3.72. The Balaban J connectivity index is 1.49. The Hall–Kier alpha value is -1.88. The van der Waals surface area contributed by atoms with Crippen LogP contribution in [0.4, 0.5) is 0 Å². The molecule has 2 aliphatic rings. The molecule has 5 nitrogen and oxygen atoms in total. The Morgan fingerprint density at radius 3 is 2.95 bits per heavy atom. The predicted molar refractivity (Wildman–Crippen MR) is 76.8 cm³/mol. The fraction of sp³-hybridized carbons (Fsp3) is 0.500. The van der Waals surface area contributed by atoms with Gasteiger partial charge in [-0.05, 0) is 48.9 Å². The van der Waals surface area contributed by atoms with Crippen molar-refractivity contribution >= 4 is 0 Å². The van der Waals surface area contributed by atoms with Crippen LogP contribution in [0.5, 0.6) is 5.75 Å². The minimum Gasteiger partial charge on any atom is -0.508 e. The summed E-state index contributed by atoms with van der Waals surface area (Å²) in [5.41, 5.74) is 1.07. The summed E-state index contributed by atoms with van der Waals surface area (Å²) in [5, 5.41) is 16.9. The van der Waals surface area contributed by atoms with Gasteiger partial charge in [-0.3, -0.25) is 0 Å². The highest BCUT2D eigenvalue weighted by Gasteiger charge is 2.42. The van der Waals surface area contributed by atoms with Gasteiger partial charge in [0.05, 0.1) is 6.04 Å². The summed E-state index contributed by atoms with van der Waals surface area (Å²) in [6.45, 7) is 1.07. The van der Waals surface area contributed by atoms with Gasteiger partial charge in [-0.15, -0.1) is 0 Å². The first-order valence-electron chi connectivity index (χ1n) is 7.63. The van der Waals surface area contributed by atoms with Gasteiger partial charge in [0.15, 0.2) is 5.82 Å². The van der Waals surface area contributed by atoms with E-state index in [2.05, 4.69) is 15.5 Å². The number of aromatic hydroxyl groups is 1. The number of benzene rings is 1. The molecule has 0 bridgehead atoms. The number of rotatable bonds is 3. The number of nitrogens with one attached hydrogen (secondary N) is 1. The molecule has 2 heterocycles. The molecule has 1 saturated heterocycles. The van der Waals surface area contributed by atoms with Gasteiger partial charge >= 0.3 is 0 Å². The molecule has 1 saturated carbocycles. The molecule has 1 aromatic carbocycles. The fourth-order valence-corrected chi connectivity index (χ4v) is 3.72. The lowest BCUT2D eigenvalue weighted by molar-refractivity contribution is 0.301. The standard InChI is InChI=1S/C16H19N3O2/c20-12-6-4-10(5-7-12)8-14-18-16(21-19-14)15-13-3-1-2-11(13)9-17-15/h4-7,11,13,15,17,20H,1-3,8-9H2. The van der Waals surface area contributed by atoms with E-state index < -0.39 is 0 Å². The molecule has 21 heavy (non-hydrogen) atoms. The van der Waals surface area contributed by atoms with Crippen LogP contribution in [0.2, 0.25) is 0 Å². The summed E-state index contributed by atoms with van der Waals surface area (Å²) in [6, 6.07) is 7.35. The van der Waals surface area contributed by atoms with Crippen LogP contribution in [0, 0.1) is 11.8 Å². The molecule has 1 aliphatic carbocycles. The van der Waals surface area contributed by atoms with Crippen LogP contribution in [0.15, 0.2) is 28.8 Å². The van der Waals surface area contributed by atoms with Crippen molar-refractivity contribution in [1.29, 1.82) is 0 Å². The SMILES string of the molecule is Oc1ccc(Cc2noc(C3NCC4CCCC43)n2)cc1. The molecule has 5 heteroatoms. The van der Waals surface area contributed by atoms with Crippen molar-refractivity contribution in [2.75, 3.05) is 6.54 Å². The van der Waals surface area contributed by atoms with Gasteiger partial charge in [0.25, 0.3) is 0 Å². The Bertz CT molecular complexity index is 623. The molecule has 0 spiro atoms. The maximum atomic E-state index is 9.30. The number of aromatic nitrogens is 2. The van der Waals surface area contributed by atoms with Crippen molar-refractivity contribution < 1.29 is 9.63 Å². The van der Waals surface area contributed by atoms with E-state index in [0.717, 1.165) is 23.9 Å². The Morgan fingerprint density at radius 1 is 1.24 bits per heavy atom. The lowest BCUT2D eigenvalue weighted by atomic mass is 9.94. The van der Waals surface area contributed by atoms with Crippen LogP contribution in [0.1, 0.15) is 42.6 Å². The van der Waals surface area contributed by atoms with Crippen molar-refractivity contribution in [2.45, 2.75) is 31.7 Å². The summed E-state index contributed by atoms with van der Waals surface area (Å²) in [4.78, 5) is 4.57. The van der Waals surface area contributed by atoms with Gasteiger partial charge in [-0.1, -0.05) is 23.7 Å². The van der Waals surface area contributed by atoms with Gasteiger partial charge in [-0.25, -0.2) is 0 Å². The number of fused-ring (bicyclic) bond motifs is 1. The van der Waals surface area contributed by atoms with Gasteiger partial charge in [-0.2, -0.15) is 4.98 Å². The molecular formula is C16H19N3O2. The second-order valence-corrected chi connectivity index (χ2v) is 6.13. The number of phenols is 1. The van der Waals surface area contributed by atoms with Gasteiger partial charge in [0.2, 0.25) is 5.89 Å². The zero-order valence-corrected chi connectivity index (χ0v) is 11.8. The van der Waals surface area contributed by atoms with E-state index in [1.54, 1.807) is 12.1 Å². The van der Waals surface area contributed by atoms with E-state index >= 15 is 0 Å². The highest BCUT2D eigenvalue weighted by atomic mass is 16.5. The molecule has 2 N–H and O–H groups in total. The molecule has 2 aromatic rings. The largest absolute Gasteiger partial charge is 0.508 e. The molecule has 2 fully saturated rings. The van der Waals surface area contributed by atoms with Crippen LogP contribution in [0.3, 0.4) is 0 Å². The quantitative estimate of drug-likeness (QED) is 0.906. The van der Waals surface area contributed by atoms with E-state index in [1.165, 1.54) is 19.3 Å². The first-order valence-corrected chi connectivity index (χ1v) is 7.63. The monoisotopic (exact) mass is 285 g/mol. The second-order valence-electron chi connectivity index (χ2n) is 6.13. The highest BCUT2D eigenvalue weighted by molar-refractivity contribution is 5.27. The van der Waals surface area contributed by atoms with Crippen molar-refractivity contribution in [3.63, 3.8) is 0 Å². The molecule has 0 radical (unpaired) electrons. The number of nitrogens with zero attached hydrogens (tertiary/aromatic N) is 2. The Labute approximate surface area is 123 Å². The smallest absolute Gasteiger partial charge is 0.244 e. The summed E-state index contributed by atoms with van der Waals surface area (Å²) in [7, 11) is 0. The predicted octanol–water partition coefficient (Wildman–Crippen LogP) is 2.43. The topological polar surface area (TPSA) is 71.2 Å². The molecular weight excluding hydrogens is 266 g/mol. The van der Waals surface area contributed by atoms with Crippen LogP contribution >= 0.6 is 0 Å². The van der Waals surface area contributed by atoms with E-state index in [4.69, 9.17) is 4.52 Å². The van der Waals surface area contributed by atoms with Gasteiger partial charge in [0.1, 0.15) is 5.75 Å². The molecule has 4 rings (SSSR count). The molecule has 1 aromatic heterocycles. The van der Waals surface area contributed by atoms with E-state index in [9.17, 15) is 5.11 Å². The minimum atomic E-state index is 0.235. The lowest BCUT2D eigenvalue weighted by Crippen LogP contribution is -2.18. The van der Waals surface area contributed by atoms with Gasteiger partial charge < -0.3 is 14.9 Å². The normalized spacial score (nSPS) is 27.9. The molecule has 3 atom stereocenters. The highest BCUT2D eigenvalue weighted by Crippen LogP contribution is 2.43. The summed E-state index contributed by atoms with van der Waals surface area (Å²) in [6.07, 6.45) is 4.54. The number of hydrogen-bond acceptors (Lipinski definition) is 5. The summed E-state index contributed by atoms with van der Waals surface area (Å²) >= 11 is 0. The molecule has 1 aliphatic heterocycles. The zero-order chi connectivity index (χ0) is 14.2. The maximum absolute atomic E-state index is 9.30. The summed E-state index contributed by atoms with van der Waals surface area (Å²) < 4.78 is 5.48. The van der Waals surface area contributed by atoms with E-state index in [0.29, 0.717) is 18.2 Å². The molecule has 3 unspecified atom stereocenters. The Morgan fingerprint density at radius 2 is 2.10 bits per heavy atom. The number of hydrogen-bond donors (Lipinski definition) is 2. The second kappa shape index (κ2) is 5.15. The van der Waals surface area contributed by atoms with Crippen molar-refractivity contribution in [2.24, 2.45) is 11.8 Å². The molecule has 0 amide bonds. The first-order chi connectivity index (χ1) is 10.3. The zero-order valence-electron chi connectivity index (χ0n) is 11.8. The van der Waals surface area contributed by atoms with Crippen LogP contribution in [0.25, 0.3) is 0 Å². The number of phenolic OH excluding ortho intramolecular Hbond substituents is 1. The lowest BCUT2D eigenvalue weighted by Gasteiger charge is -2.13. The van der Waals surface area contributed by atoms with Crippen LogP contribution in [-0.2, 0) is 6.42 Å². The van der Waals surface area contributed by atoms with Crippen LogP contribution in [-0.4, -0.2) is 21.8 Å². The minimum absolute atomic E-state index is 0.235. The average molecular weight is 285 g/mol. The first kappa shape index (κ1) is 12.8. The maximum Gasteiger partial charge on any atom is 0.244 e. The third-order valence-electron chi connectivity index (χ3n) is 4.79. The summed E-state index contributed by atoms with van der Waals surface area (Å²) in [5.74, 6) is 3.15.